The van der Waals surface area contributed by atoms with Crippen molar-refractivity contribution in [2.24, 2.45) is 0 Å². The first-order valence-corrected chi connectivity index (χ1v) is 7.24. The molecule has 0 saturated carbocycles. The highest BCUT2D eigenvalue weighted by atomic mass is 16.5. The molecule has 1 N–H and O–H groups in total. The van der Waals surface area contributed by atoms with E-state index in [0.717, 1.165) is 22.6 Å². The van der Waals surface area contributed by atoms with Crippen LogP contribution in [0.5, 0.6) is 11.5 Å². The predicted octanol–water partition coefficient (Wildman–Crippen LogP) is 3.16. The Morgan fingerprint density at radius 3 is 2.52 bits per heavy atom. The lowest BCUT2D eigenvalue weighted by Crippen LogP contribution is -2.12. The molecular weight excluding hydrogens is 292 g/mol. The molecule has 1 heterocycles. The Morgan fingerprint density at radius 2 is 1.91 bits per heavy atom. The third kappa shape index (κ3) is 3.34. The molecule has 0 fully saturated rings. The monoisotopic (exact) mass is 312 g/mol. The van der Waals surface area contributed by atoms with Gasteiger partial charge in [-0.25, -0.2) is 0 Å². The third-order valence-electron chi connectivity index (χ3n) is 3.83. The fourth-order valence-corrected chi connectivity index (χ4v) is 2.31. The highest BCUT2D eigenvalue weighted by Gasteiger charge is 2.17. The standard InChI is InChI=1S/C17H20N4O2/c1-10-11(2)20-21-17(15(10)9-18)19-12(3)14-7-6-13(22-4)8-16(14)23-5/h6-8,12H,1-5H3,(H,19,21). The summed E-state index contributed by atoms with van der Waals surface area (Å²) in [5, 5.41) is 20.8. The van der Waals surface area contributed by atoms with Crippen molar-refractivity contribution in [3.05, 3.63) is 40.6 Å². The number of nitrogens with zero attached hydrogens (tertiary/aromatic N) is 3. The number of hydrogen-bond donors (Lipinski definition) is 1. The molecule has 1 unspecified atom stereocenters. The molecule has 1 aromatic carbocycles. The average Bonchev–Trinajstić information content (AvgIpc) is 2.57. The van der Waals surface area contributed by atoms with Crippen LogP contribution in [0.1, 0.15) is 35.3 Å². The number of methoxy groups -OCH3 is 2. The smallest absolute Gasteiger partial charge is 0.167 e. The zero-order chi connectivity index (χ0) is 17.0. The van der Waals surface area contributed by atoms with Crippen LogP contribution in [0.4, 0.5) is 5.82 Å². The van der Waals surface area contributed by atoms with Crippen molar-refractivity contribution in [1.29, 1.82) is 5.26 Å². The molecule has 1 aromatic heterocycles. The third-order valence-corrected chi connectivity index (χ3v) is 3.83. The molecule has 0 aliphatic heterocycles. The van der Waals surface area contributed by atoms with Gasteiger partial charge >= 0.3 is 0 Å². The van der Waals surface area contributed by atoms with Crippen LogP contribution in [0, 0.1) is 25.2 Å². The van der Waals surface area contributed by atoms with Crippen LogP contribution in [0.25, 0.3) is 0 Å². The average molecular weight is 312 g/mol. The summed E-state index contributed by atoms with van der Waals surface area (Å²) in [5.74, 6) is 1.90. The summed E-state index contributed by atoms with van der Waals surface area (Å²) in [6.07, 6.45) is 0. The van der Waals surface area contributed by atoms with Crippen LogP contribution in [0.15, 0.2) is 18.2 Å². The molecule has 1 atom stereocenters. The lowest BCUT2D eigenvalue weighted by Gasteiger charge is -2.19. The highest BCUT2D eigenvalue weighted by Crippen LogP contribution is 2.31. The number of ether oxygens (including phenoxy) is 2. The fourth-order valence-electron chi connectivity index (χ4n) is 2.31. The van der Waals surface area contributed by atoms with Crippen molar-refractivity contribution >= 4 is 5.82 Å². The summed E-state index contributed by atoms with van der Waals surface area (Å²) < 4.78 is 10.6. The summed E-state index contributed by atoms with van der Waals surface area (Å²) in [7, 11) is 3.22. The molecule has 0 spiro atoms. The number of nitriles is 1. The SMILES string of the molecule is COc1ccc(C(C)Nc2nnc(C)c(C)c2C#N)c(OC)c1. The fraction of sp³-hybridized carbons (Fsp3) is 0.353. The maximum Gasteiger partial charge on any atom is 0.167 e. The summed E-state index contributed by atoms with van der Waals surface area (Å²) in [6.45, 7) is 5.68. The molecule has 0 radical (unpaired) electrons. The topological polar surface area (TPSA) is 80.1 Å². The van der Waals surface area contributed by atoms with E-state index >= 15 is 0 Å². The van der Waals surface area contributed by atoms with Crippen LogP contribution < -0.4 is 14.8 Å². The van der Waals surface area contributed by atoms with Crippen LogP contribution in [0.3, 0.4) is 0 Å². The van der Waals surface area contributed by atoms with Gasteiger partial charge in [0.1, 0.15) is 23.1 Å². The van der Waals surface area contributed by atoms with E-state index in [1.807, 2.05) is 39.0 Å². The molecule has 2 aromatic rings. The maximum atomic E-state index is 9.38. The van der Waals surface area contributed by atoms with Crippen molar-refractivity contribution < 1.29 is 9.47 Å². The van der Waals surface area contributed by atoms with Crippen molar-refractivity contribution in [2.75, 3.05) is 19.5 Å². The van der Waals surface area contributed by atoms with Gasteiger partial charge in [0.2, 0.25) is 0 Å². The van der Waals surface area contributed by atoms with Crippen LogP contribution in [0.2, 0.25) is 0 Å². The zero-order valence-electron chi connectivity index (χ0n) is 14.0. The maximum absolute atomic E-state index is 9.38. The number of aryl methyl sites for hydroxylation is 1. The molecule has 23 heavy (non-hydrogen) atoms. The van der Waals surface area contributed by atoms with Gasteiger partial charge in [0.05, 0.1) is 26.0 Å². The Hall–Kier alpha value is -2.81. The van der Waals surface area contributed by atoms with Gasteiger partial charge in [0.25, 0.3) is 0 Å². The molecule has 6 heteroatoms. The normalized spacial score (nSPS) is 11.5. The Bertz CT molecular complexity index is 753. The number of anilines is 1. The van der Waals surface area contributed by atoms with Crippen LogP contribution in [-0.4, -0.2) is 24.4 Å². The highest BCUT2D eigenvalue weighted by molar-refractivity contribution is 5.57. The molecule has 6 nitrogen and oxygen atoms in total. The summed E-state index contributed by atoms with van der Waals surface area (Å²) in [4.78, 5) is 0. The zero-order valence-corrected chi connectivity index (χ0v) is 14.0. The van der Waals surface area contributed by atoms with Crippen molar-refractivity contribution in [3.8, 4) is 17.6 Å². The van der Waals surface area contributed by atoms with E-state index in [4.69, 9.17) is 9.47 Å². The number of hydrogen-bond acceptors (Lipinski definition) is 6. The van der Waals surface area contributed by atoms with E-state index in [1.165, 1.54) is 0 Å². The first kappa shape index (κ1) is 16.6. The molecule has 0 amide bonds. The Labute approximate surface area is 136 Å². The molecule has 0 bridgehead atoms. The lowest BCUT2D eigenvalue weighted by molar-refractivity contribution is 0.390. The van der Waals surface area contributed by atoms with Gasteiger partial charge in [0, 0.05) is 11.6 Å². The van der Waals surface area contributed by atoms with Gasteiger partial charge in [-0.15, -0.1) is 5.10 Å². The Kier molecular flexibility index (Phi) is 5.02. The van der Waals surface area contributed by atoms with Gasteiger partial charge < -0.3 is 14.8 Å². The summed E-state index contributed by atoms with van der Waals surface area (Å²) in [6, 6.07) is 7.70. The minimum Gasteiger partial charge on any atom is -0.497 e. The van der Waals surface area contributed by atoms with Gasteiger partial charge in [-0.2, -0.15) is 10.4 Å². The van der Waals surface area contributed by atoms with E-state index < -0.39 is 0 Å². The van der Waals surface area contributed by atoms with Gasteiger partial charge in [0.15, 0.2) is 5.82 Å². The van der Waals surface area contributed by atoms with E-state index in [2.05, 4.69) is 21.6 Å². The number of benzene rings is 1. The van der Waals surface area contributed by atoms with Gasteiger partial charge in [-0.1, -0.05) is 0 Å². The number of rotatable bonds is 5. The summed E-state index contributed by atoms with van der Waals surface area (Å²) in [5.41, 5.74) is 3.04. The largest absolute Gasteiger partial charge is 0.497 e. The van der Waals surface area contributed by atoms with Gasteiger partial charge in [-0.3, -0.25) is 0 Å². The second-order valence-corrected chi connectivity index (χ2v) is 5.22. The van der Waals surface area contributed by atoms with E-state index in [1.54, 1.807) is 14.2 Å². The number of nitrogens with one attached hydrogen (secondary N) is 1. The van der Waals surface area contributed by atoms with Crippen LogP contribution >= 0.6 is 0 Å². The Morgan fingerprint density at radius 1 is 1.17 bits per heavy atom. The second kappa shape index (κ2) is 6.97. The first-order valence-electron chi connectivity index (χ1n) is 7.24. The minimum absolute atomic E-state index is 0.112. The van der Waals surface area contributed by atoms with Crippen molar-refractivity contribution in [1.82, 2.24) is 10.2 Å². The van der Waals surface area contributed by atoms with E-state index in [9.17, 15) is 5.26 Å². The molecule has 0 aliphatic carbocycles. The second-order valence-electron chi connectivity index (χ2n) is 5.22. The van der Waals surface area contributed by atoms with Gasteiger partial charge in [-0.05, 0) is 38.5 Å². The van der Waals surface area contributed by atoms with E-state index in [-0.39, 0.29) is 6.04 Å². The minimum atomic E-state index is -0.112. The first-order chi connectivity index (χ1) is 11.0. The lowest BCUT2D eigenvalue weighted by atomic mass is 10.1. The van der Waals surface area contributed by atoms with Crippen molar-refractivity contribution in [3.63, 3.8) is 0 Å². The molecule has 0 saturated heterocycles. The Balaban J connectivity index is 2.35. The predicted molar refractivity (Wildman–Crippen MR) is 87.8 cm³/mol. The molecule has 2 rings (SSSR count). The van der Waals surface area contributed by atoms with Crippen molar-refractivity contribution in [2.45, 2.75) is 26.8 Å². The summed E-state index contributed by atoms with van der Waals surface area (Å²) >= 11 is 0. The van der Waals surface area contributed by atoms with Crippen LogP contribution in [-0.2, 0) is 0 Å². The van der Waals surface area contributed by atoms with E-state index in [0.29, 0.717) is 17.1 Å². The molecular formula is C17H20N4O2. The number of aromatic nitrogens is 2. The molecule has 120 valence electrons. The molecule has 0 aliphatic rings. The quantitative estimate of drug-likeness (QED) is 0.913.